The average Bonchev–Trinajstić information content (AvgIpc) is 3.58. The van der Waals surface area contributed by atoms with Crippen LogP contribution in [0.15, 0.2) is 241 Å². The van der Waals surface area contributed by atoms with Crippen molar-refractivity contribution in [2.24, 2.45) is 10.9 Å². The number of allylic oxidation sites excluding steroid dienone is 12. The molecular formula is C60H60N4. The Kier molecular flexibility index (Phi) is 14.4. The first-order valence-electron chi connectivity index (χ1n) is 22.2. The zero-order valence-corrected chi connectivity index (χ0v) is 38.1. The van der Waals surface area contributed by atoms with Crippen molar-refractivity contribution in [2.45, 2.75) is 52.6 Å². The SMILES string of the molecule is C=C1/C=C\C=C=CN(C)C(=C)/C1=C1\C(=C/C)C(C)(C)c2ccccc21.CC1C=CC=CC1.Cc1ccccc1Nc1ccc(C2N=C(c3ccccc3)C=C(c3ccccc3)N2)cc1. The molecule has 4 aliphatic rings. The van der Waals surface area contributed by atoms with Gasteiger partial charge in [0.25, 0.3) is 0 Å². The van der Waals surface area contributed by atoms with Gasteiger partial charge in [-0.3, -0.25) is 4.99 Å². The fraction of sp³-hybridized carbons (Fsp3) is 0.167. The summed E-state index contributed by atoms with van der Waals surface area (Å²) in [6, 6.07) is 46.2. The third kappa shape index (κ3) is 10.4. The summed E-state index contributed by atoms with van der Waals surface area (Å²) in [6.07, 6.45) is 21.9. The number of nitrogens with one attached hydrogen (secondary N) is 2. The lowest BCUT2D eigenvalue weighted by molar-refractivity contribution is 0.585. The maximum absolute atomic E-state index is 5.03. The molecule has 4 nitrogen and oxygen atoms in total. The fourth-order valence-electron chi connectivity index (χ4n) is 8.39. The minimum Gasteiger partial charge on any atom is -0.360 e. The fourth-order valence-corrected chi connectivity index (χ4v) is 8.39. The van der Waals surface area contributed by atoms with Crippen molar-refractivity contribution in [2.75, 3.05) is 12.4 Å². The predicted molar refractivity (Wildman–Crippen MR) is 274 cm³/mol. The normalized spacial score (nSPS) is 20.5. The number of hydrogen-bond acceptors (Lipinski definition) is 4. The molecule has 0 aromatic heterocycles. The van der Waals surface area contributed by atoms with Gasteiger partial charge in [0.1, 0.15) is 6.17 Å². The Bertz CT molecular complexity index is 2760. The van der Waals surface area contributed by atoms with Gasteiger partial charge in [0.05, 0.1) is 5.71 Å². The first-order valence-corrected chi connectivity index (χ1v) is 22.2. The van der Waals surface area contributed by atoms with Crippen LogP contribution in [0.2, 0.25) is 0 Å². The summed E-state index contributed by atoms with van der Waals surface area (Å²) in [5.41, 5.74) is 20.1. The van der Waals surface area contributed by atoms with E-state index in [0.29, 0.717) is 0 Å². The Hall–Kier alpha value is -7.39. The van der Waals surface area contributed by atoms with Crippen LogP contribution in [-0.2, 0) is 5.41 Å². The van der Waals surface area contributed by atoms with Gasteiger partial charge in [0.2, 0.25) is 0 Å². The molecule has 320 valence electrons. The van der Waals surface area contributed by atoms with Crippen molar-refractivity contribution in [1.29, 1.82) is 0 Å². The molecule has 0 spiro atoms. The van der Waals surface area contributed by atoms with Gasteiger partial charge in [-0.15, -0.1) is 5.73 Å². The average molecular weight is 837 g/mol. The first kappa shape index (κ1) is 44.7. The molecule has 64 heavy (non-hydrogen) atoms. The molecule has 0 bridgehead atoms. The minimum absolute atomic E-state index is 0.0386. The van der Waals surface area contributed by atoms with E-state index in [4.69, 9.17) is 4.99 Å². The van der Waals surface area contributed by atoms with E-state index in [2.05, 4.69) is 216 Å². The topological polar surface area (TPSA) is 39.7 Å². The molecule has 9 rings (SSSR count). The number of likely N-dealkylation sites (N-methyl/N-ethyl adjacent to an activating group) is 1. The molecule has 0 saturated heterocycles. The number of aryl methyl sites for hydroxylation is 1. The van der Waals surface area contributed by atoms with E-state index in [0.717, 1.165) is 62.2 Å². The van der Waals surface area contributed by atoms with Crippen LogP contribution >= 0.6 is 0 Å². The second-order valence-corrected chi connectivity index (χ2v) is 17.0. The largest absolute Gasteiger partial charge is 0.360 e. The summed E-state index contributed by atoms with van der Waals surface area (Å²) in [5, 5.41) is 7.12. The molecular weight excluding hydrogens is 777 g/mol. The predicted octanol–water partition coefficient (Wildman–Crippen LogP) is 14.9. The molecule has 2 heterocycles. The van der Waals surface area contributed by atoms with Gasteiger partial charge in [0, 0.05) is 47.0 Å². The van der Waals surface area contributed by atoms with Gasteiger partial charge in [-0.1, -0.05) is 192 Å². The van der Waals surface area contributed by atoms with E-state index in [1.165, 1.54) is 34.3 Å². The Labute approximate surface area is 381 Å². The summed E-state index contributed by atoms with van der Waals surface area (Å²) in [5.74, 6) is 0.769. The number of nitrogens with zero attached hydrogens (tertiary/aromatic N) is 2. The van der Waals surface area contributed by atoms with Crippen molar-refractivity contribution in [1.82, 2.24) is 10.2 Å². The molecule has 0 saturated carbocycles. The summed E-state index contributed by atoms with van der Waals surface area (Å²) >= 11 is 0. The second kappa shape index (κ2) is 20.7. The third-order valence-corrected chi connectivity index (χ3v) is 12.0. The van der Waals surface area contributed by atoms with Crippen molar-refractivity contribution in [3.8, 4) is 0 Å². The van der Waals surface area contributed by atoms with E-state index < -0.39 is 0 Å². The number of anilines is 2. The first-order chi connectivity index (χ1) is 31.0. The number of fused-ring (bicyclic) bond motifs is 1. The third-order valence-electron chi connectivity index (χ3n) is 12.0. The molecule has 5 aromatic rings. The molecule has 2 aliphatic heterocycles. The van der Waals surface area contributed by atoms with Crippen LogP contribution < -0.4 is 10.6 Å². The van der Waals surface area contributed by atoms with Gasteiger partial charge in [-0.05, 0) is 107 Å². The quantitative estimate of drug-likeness (QED) is 0.173. The van der Waals surface area contributed by atoms with Crippen LogP contribution in [0.4, 0.5) is 11.4 Å². The van der Waals surface area contributed by atoms with Crippen LogP contribution in [0.25, 0.3) is 11.3 Å². The lowest BCUT2D eigenvalue weighted by Gasteiger charge is -2.25. The van der Waals surface area contributed by atoms with E-state index in [9.17, 15) is 0 Å². The summed E-state index contributed by atoms with van der Waals surface area (Å²) in [4.78, 5) is 7.05. The highest BCUT2D eigenvalue weighted by Gasteiger charge is 2.39. The van der Waals surface area contributed by atoms with Gasteiger partial charge in [0.15, 0.2) is 0 Å². The molecule has 2 N–H and O–H groups in total. The highest BCUT2D eigenvalue weighted by atomic mass is 15.1. The molecule has 2 aliphatic carbocycles. The Balaban J connectivity index is 0.000000170. The van der Waals surface area contributed by atoms with Gasteiger partial charge in [-0.2, -0.15) is 0 Å². The molecule has 4 heteroatoms. The summed E-state index contributed by atoms with van der Waals surface area (Å²) in [7, 11) is 2.00. The number of benzene rings is 5. The molecule has 0 fully saturated rings. The molecule has 5 aromatic carbocycles. The number of hydrogen-bond donors (Lipinski definition) is 2. The highest BCUT2D eigenvalue weighted by Crippen LogP contribution is 2.52. The zero-order valence-electron chi connectivity index (χ0n) is 38.1. The lowest BCUT2D eigenvalue weighted by Crippen LogP contribution is -2.24. The van der Waals surface area contributed by atoms with Crippen LogP contribution in [0.1, 0.15) is 73.7 Å². The Morgan fingerprint density at radius 3 is 2.12 bits per heavy atom. The van der Waals surface area contributed by atoms with Gasteiger partial charge < -0.3 is 15.5 Å². The maximum atomic E-state index is 5.03. The van der Waals surface area contributed by atoms with Crippen LogP contribution in [0.5, 0.6) is 0 Å². The van der Waals surface area contributed by atoms with E-state index >= 15 is 0 Å². The Morgan fingerprint density at radius 2 is 1.47 bits per heavy atom. The van der Waals surface area contributed by atoms with E-state index in [-0.39, 0.29) is 11.6 Å². The summed E-state index contributed by atoms with van der Waals surface area (Å²) in [6.45, 7) is 19.7. The molecule has 2 unspecified atom stereocenters. The number of para-hydroxylation sites is 1. The van der Waals surface area contributed by atoms with Crippen LogP contribution in [0.3, 0.4) is 0 Å². The highest BCUT2D eigenvalue weighted by molar-refractivity contribution is 6.13. The molecule has 0 radical (unpaired) electrons. The van der Waals surface area contributed by atoms with Crippen LogP contribution in [0, 0.1) is 12.8 Å². The molecule has 2 atom stereocenters. The molecule has 0 amide bonds. The van der Waals surface area contributed by atoms with Crippen LogP contribution in [-0.4, -0.2) is 17.7 Å². The lowest BCUT2D eigenvalue weighted by atomic mass is 9.81. The maximum Gasteiger partial charge on any atom is 0.145 e. The van der Waals surface area contributed by atoms with Crippen molar-refractivity contribution in [3.63, 3.8) is 0 Å². The van der Waals surface area contributed by atoms with E-state index in [1.54, 1.807) is 0 Å². The van der Waals surface area contributed by atoms with Crippen molar-refractivity contribution in [3.05, 3.63) is 269 Å². The van der Waals surface area contributed by atoms with E-state index in [1.807, 2.05) is 54.6 Å². The smallest absolute Gasteiger partial charge is 0.145 e. The van der Waals surface area contributed by atoms with Crippen molar-refractivity contribution >= 4 is 28.4 Å². The zero-order chi connectivity index (χ0) is 45.1. The summed E-state index contributed by atoms with van der Waals surface area (Å²) < 4.78 is 0. The number of aliphatic imine (C=N–C) groups is 1. The minimum atomic E-state index is -0.155. The standard InChI is InChI=1S/C29H25N3.C24H25N.C7H10/c1-21-10-8-9-15-26(21)30-25-18-16-24(17-19-25)29-31-27(22-11-4-2-5-12-22)20-28(32-29)23-13-6-3-7-14-23;1-7-20-23(19-14-10-11-15-21(19)24(20,4)5)22-17(2)13-9-8-12-16-25(6)18(22)3;1-7-5-3-2-4-6-7/h2-20,29-31H,1H3;7-11,13-16H,2-3H2,1,4-6H3;2-5,7H,6H2,1H3/b;13-9-,20-7+,23-22-;. The second-order valence-electron chi connectivity index (χ2n) is 17.0. The number of rotatable bonds is 5. The monoisotopic (exact) mass is 836 g/mol. The van der Waals surface area contributed by atoms with Crippen molar-refractivity contribution < 1.29 is 0 Å². The van der Waals surface area contributed by atoms with Gasteiger partial charge >= 0.3 is 0 Å². The van der Waals surface area contributed by atoms with Gasteiger partial charge in [-0.25, -0.2) is 0 Å². The Morgan fingerprint density at radius 1 is 0.797 bits per heavy atom.